The molecule has 1 aliphatic carbocycles. The molecule has 2 aromatic carbocycles. The number of carbonyl (C=O) groups excluding carboxylic acids is 1. The van der Waals surface area contributed by atoms with Gasteiger partial charge in [0.15, 0.2) is 0 Å². The summed E-state index contributed by atoms with van der Waals surface area (Å²) in [5.41, 5.74) is 9.06. The Morgan fingerprint density at radius 3 is 2.90 bits per heavy atom. The molecular formula is C16H14ClNO2. The number of nitrogen functional groups attached to an aromatic ring is 1. The normalized spacial score (nSPS) is 16.1. The van der Waals surface area contributed by atoms with Crippen LogP contribution in [0.4, 0.5) is 5.69 Å². The number of fused-ring (bicyclic) bond motifs is 1. The zero-order chi connectivity index (χ0) is 14.1. The Balaban J connectivity index is 1.65. The maximum atomic E-state index is 12.0. The Kier molecular flexibility index (Phi) is 3.36. The number of nitrogens with two attached hydrogens (primary N) is 1. The van der Waals surface area contributed by atoms with E-state index in [-0.39, 0.29) is 5.92 Å². The van der Waals surface area contributed by atoms with E-state index in [0.717, 1.165) is 6.42 Å². The molecule has 0 saturated heterocycles. The average molecular weight is 288 g/mol. The number of anilines is 1. The molecule has 3 rings (SSSR count). The van der Waals surface area contributed by atoms with Gasteiger partial charge >= 0.3 is 5.97 Å². The molecule has 0 heterocycles. The van der Waals surface area contributed by atoms with Crippen LogP contribution in [0.2, 0.25) is 5.02 Å². The molecule has 2 N–H and O–H groups in total. The van der Waals surface area contributed by atoms with Gasteiger partial charge in [0.2, 0.25) is 0 Å². The second-order valence-corrected chi connectivity index (χ2v) is 5.34. The van der Waals surface area contributed by atoms with Gasteiger partial charge in [0, 0.05) is 11.6 Å². The smallest absolute Gasteiger partial charge is 0.339 e. The van der Waals surface area contributed by atoms with Crippen LogP contribution in [0, 0.1) is 0 Å². The first-order valence-corrected chi connectivity index (χ1v) is 6.83. The lowest BCUT2D eigenvalue weighted by molar-refractivity contribution is 0.0470. The van der Waals surface area contributed by atoms with E-state index in [0.29, 0.717) is 22.9 Å². The fraction of sp³-hybridized carbons (Fsp3) is 0.188. The van der Waals surface area contributed by atoms with Gasteiger partial charge in [-0.15, -0.1) is 0 Å². The largest absolute Gasteiger partial charge is 0.461 e. The van der Waals surface area contributed by atoms with E-state index in [1.54, 1.807) is 18.2 Å². The second-order valence-electron chi connectivity index (χ2n) is 4.94. The molecule has 0 aliphatic heterocycles. The lowest BCUT2D eigenvalue weighted by atomic mass is 9.78. The number of hydrogen-bond donors (Lipinski definition) is 1. The number of rotatable bonds is 3. The third-order valence-corrected chi connectivity index (χ3v) is 3.92. The highest BCUT2D eigenvalue weighted by Gasteiger charge is 2.27. The van der Waals surface area contributed by atoms with E-state index in [1.165, 1.54) is 11.1 Å². The molecule has 1 unspecified atom stereocenters. The molecule has 0 aromatic heterocycles. The molecule has 3 nitrogen and oxygen atoms in total. The summed E-state index contributed by atoms with van der Waals surface area (Å²) in [5, 5.41) is 0.359. The highest BCUT2D eigenvalue weighted by Crippen LogP contribution is 2.35. The Labute approximate surface area is 122 Å². The van der Waals surface area contributed by atoms with Gasteiger partial charge in [-0.1, -0.05) is 35.9 Å². The molecule has 0 spiro atoms. The molecule has 4 heteroatoms. The van der Waals surface area contributed by atoms with Gasteiger partial charge in [-0.05, 0) is 35.7 Å². The molecule has 102 valence electrons. The topological polar surface area (TPSA) is 52.3 Å². The molecule has 2 aromatic rings. The number of carbonyl (C=O) groups is 1. The van der Waals surface area contributed by atoms with E-state index >= 15 is 0 Å². The third-order valence-electron chi connectivity index (χ3n) is 3.59. The van der Waals surface area contributed by atoms with Gasteiger partial charge in [-0.2, -0.15) is 0 Å². The Morgan fingerprint density at radius 1 is 1.30 bits per heavy atom. The maximum absolute atomic E-state index is 12.0. The number of hydrogen-bond acceptors (Lipinski definition) is 3. The fourth-order valence-corrected chi connectivity index (χ4v) is 2.66. The molecule has 0 fully saturated rings. The van der Waals surface area contributed by atoms with Crippen LogP contribution in [0.15, 0.2) is 42.5 Å². The van der Waals surface area contributed by atoms with Crippen molar-refractivity contribution in [2.24, 2.45) is 0 Å². The van der Waals surface area contributed by atoms with Crippen LogP contribution in [-0.4, -0.2) is 12.6 Å². The zero-order valence-electron chi connectivity index (χ0n) is 10.8. The van der Waals surface area contributed by atoms with Crippen molar-refractivity contribution in [1.29, 1.82) is 0 Å². The van der Waals surface area contributed by atoms with Crippen molar-refractivity contribution in [2.75, 3.05) is 12.3 Å². The number of halogens is 1. The first-order valence-electron chi connectivity index (χ1n) is 6.45. The van der Waals surface area contributed by atoms with Gasteiger partial charge in [0.25, 0.3) is 0 Å². The first kappa shape index (κ1) is 13.0. The third kappa shape index (κ3) is 2.37. The van der Waals surface area contributed by atoms with Crippen LogP contribution < -0.4 is 5.73 Å². The van der Waals surface area contributed by atoms with Crippen molar-refractivity contribution in [3.05, 3.63) is 64.2 Å². The Hall–Kier alpha value is -2.00. The summed E-state index contributed by atoms with van der Waals surface area (Å²) in [6, 6.07) is 13.0. The van der Waals surface area contributed by atoms with Crippen LogP contribution in [0.3, 0.4) is 0 Å². The van der Waals surface area contributed by atoms with Crippen LogP contribution in [0.25, 0.3) is 0 Å². The van der Waals surface area contributed by atoms with Gasteiger partial charge < -0.3 is 10.5 Å². The minimum absolute atomic E-state index is 0.287. The number of ether oxygens (including phenoxy) is 1. The Bertz CT molecular complexity index is 669. The second kappa shape index (κ2) is 5.17. The van der Waals surface area contributed by atoms with Crippen molar-refractivity contribution >= 4 is 23.3 Å². The van der Waals surface area contributed by atoms with Crippen molar-refractivity contribution in [3.8, 4) is 0 Å². The summed E-state index contributed by atoms with van der Waals surface area (Å²) in [6.45, 7) is 0.376. The molecule has 0 amide bonds. The van der Waals surface area contributed by atoms with E-state index in [1.807, 2.05) is 12.1 Å². The standard InChI is InChI=1S/C16H14ClNO2/c17-15-6-5-12(18)8-14(15)16(19)20-9-11-7-10-3-1-2-4-13(10)11/h1-6,8,11H,7,9,18H2. The Morgan fingerprint density at radius 2 is 2.10 bits per heavy atom. The predicted octanol–water partition coefficient (Wildman–Crippen LogP) is 3.42. The van der Waals surface area contributed by atoms with Gasteiger partial charge in [-0.3, -0.25) is 0 Å². The summed E-state index contributed by atoms with van der Waals surface area (Å²) >= 11 is 5.98. The maximum Gasteiger partial charge on any atom is 0.339 e. The minimum atomic E-state index is -0.424. The van der Waals surface area contributed by atoms with E-state index in [4.69, 9.17) is 22.1 Å². The molecular weight excluding hydrogens is 274 g/mol. The van der Waals surface area contributed by atoms with Crippen LogP contribution >= 0.6 is 11.6 Å². The summed E-state index contributed by atoms with van der Waals surface area (Å²) in [6.07, 6.45) is 0.952. The molecule has 0 saturated carbocycles. The molecule has 1 aliphatic rings. The predicted molar refractivity (Wildman–Crippen MR) is 79.0 cm³/mol. The number of benzene rings is 2. The van der Waals surface area contributed by atoms with Crippen LogP contribution in [0.5, 0.6) is 0 Å². The average Bonchev–Trinajstić information content (AvgIpc) is 2.42. The van der Waals surface area contributed by atoms with E-state index < -0.39 is 5.97 Å². The SMILES string of the molecule is Nc1ccc(Cl)c(C(=O)OCC2Cc3ccccc32)c1. The van der Waals surface area contributed by atoms with Crippen LogP contribution in [-0.2, 0) is 11.2 Å². The van der Waals surface area contributed by atoms with E-state index in [2.05, 4.69) is 12.1 Å². The fourth-order valence-electron chi connectivity index (χ4n) is 2.46. The van der Waals surface area contributed by atoms with Crippen molar-refractivity contribution in [2.45, 2.75) is 12.3 Å². The van der Waals surface area contributed by atoms with Crippen molar-refractivity contribution in [1.82, 2.24) is 0 Å². The van der Waals surface area contributed by atoms with Gasteiger partial charge in [0.1, 0.15) is 0 Å². The summed E-state index contributed by atoms with van der Waals surface area (Å²) in [7, 11) is 0. The van der Waals surface area contributed by atoms with E-state index in [9.17, 15) is 4.79 Å². The van der Waals surface area contributed by atoms with Crippen LogP contribution in [0.1, 0.15) is 27.4 Å². The van der Waals surface area contributed by atoms with Gasteiger partial charge in [-0.25, -0.2) is 4.79 Å². The first-order chi connectivity index (χ1) is 9.65. The molecule has 20 heavy (non-hydrogen) atoms. The minimum Gasteiger partial charge on any atom is -0.461 e. The van der Waals surface area contributed by atoms with Crippen molar-refractivity contribution < 1.29 is 9.53 Å². The highest BCUT2D eigenvalue weighted by atomic mass is 35.5. The zero-order valence-corrected chi connectivity index (χ0v) is 11.6. The molecule has 0 radical (unpaired) electrons. The lowest BCUT2D eigenvalue weighted by Crippen LogP contribution is -2.23. The monoisotopic (exact) mass is 287 g/mol. The molecule has 1 atom stereocenters. The lowest BCUT2D eigenvalue weighted by Gasteiger charge is -2.29. The quantitative estimate of drug-likeness (QED) is 0.695. The van der Waals surface area contributed by atoms with Gasteiger partial charge in [0.05, 0.1) is 17.2 Å². The highest BCUT2D eigenvalue weighted by molar-refractivity contribution is 6.33. The summed E-state index contributed by atoms with van der Waals surface area (Å²) in [4.78, 5) is 12.0. The summed E-state index contributed by atoms with van der Waals surface area (Å²) < 4.78 is 5.35. The summed E-state index contributed by atoms with van der Waals surface area (Å²) in [5.74, 6) is -0.137. The molecule has 0 bridgehead atoms. The van der Waals surface area contributed by atoms with Crippen molar-refractivity contribution in [3.63, 3.8) is 0 Å². The number of esters is 1.